The summed E-state index contributed by atoms with van der Waals surface area (Å²) in [6.45, 7) is -0.238. The van der Waals surface area contributed by atoms with Crippen LogP contribution in [0.1, 0.15) is 11.1 Å². The van der Waals surface area contributed by atoms with Gasteiger partial charge in [0.15, 0.2) is 5.16 Å². The molecule has 2 aromatic rings. The number of thioether (sulfide) groups is 1. The van der Waals surface area contributed by atoms with Gasteiger partial charge in [-0.1, -0.05) is 23.6 Å². The maximum atomic E-state index is 13.4. The molecular weight excluding hydrogens is 263 g/mol. The number of halogens is 1. The molecule has 0 aliphatic rings. The fourth-order valence-electron chi connectivity index (χ4n) is 1.46. The maximum absolute atomic E-state index is 13.4. The minimum atomic E-state index is -0.339. The molecule has 1 aromatic carbocycles. The molecule has 19 heavy (non-hydrogen) atoms. The van der Waals surface area contributed by atoms with E-state index in [9.17, 15) is 4.39 Å². The molecule has 0 amide bonds. The SMILES string of the molecule is OCC#Cc1cc(F)cc(CSc2ncccn2)c1. The van der Waals surface area contributed by atoms with Gasteiger partial charge in [0, 0.05) is 23.7 Å². The Morgan fingerprint density at radius 1 is 1.21 bits per heavy atom. The van der Waals surface area contributed by atoms with E-state index in [0.29, 0.717) is 16.5 Å². The summed E-state index contributed by atoms with van der Waals surface area (Å²) in [4.78, 5) is 8.17. The van der Waals surface area contributed by atoms with E-state index in [-0.39, 0.29) is 12.4 Å². The molecule has 3 nitrogen and oxygen atoms in total. The van der Waals surface area contributed by atoms with E-state index in [2.05, 4.69) is 21.8 Å². The molecule has 0 spiro atoms. The first-order valence-electron chi connectivity index (χ1n) is 5.57. The Kier molecular flexibility index (Phi) is 4.90. The smallest absolute Gasteiger partial charge is 0.187 e. The van der Waals surface area contributed by atoms with Crippen molar-refractivity contribution in [2.45, 2.75) is 10.9 Å². The second kappa shape index (κ2) is 6.88. The zero-order valence-electron chi connectivity index (χ0n) is 10.0. The quantitative estimate of drug-likeness (QED) is 0.530. The van der Waals surface area contributed by atoms with Gasteiger partial charge in [0.25, 0.3) is 0 Å². The lowest BCUT2D eigenvalue weighted by molar-refractivity contribution is 0.350. The third kappa shape index (κ3) is 4.36. The van der Waals surface area contributed by atoms with Crippen LogP contribution in [0.25, 0.3) is 0 Å². The van der Waals surface area contributed by atoms with Crippen molar-refractivity contribution < 1.29 is 9.50 Å². The number of aliphatic hydroxyl groups is 1. The van der Waals surface area contributed by atoms with Crippen LogP contribution in [0.3, 0.4) is 0 Å². The molecule has 0 bridgehead atoms. The van der Waals surface area contributed by atoms with Crippen molar-refractivity contribution in [1.82, 2.24) is 9.97 Å². The monoisotopic (exact) mass is 274 g/mol. The molecule has 5 heteroatoms. The van der Waals surface area contributed by atoms with Gasteiger partial charge in [0.1, 0.15) is 12.4 Å². The van der Waals surface area contributed by atoms with Crippen molar-refractivity contribution in [2.75, 3.05) is 6.61 Å². The van der Waals surface area contributed by atoms with E-state index in [4.69, 9.17) is 5.11 Å². The lowest BCUT2D eigenvalue weighted by atomic mass is 10.1. The van der Waals surface area contributed by atoms with E-state index >= 15 is 0 Å². The van der Waals surface area contributed by atoms with Crippen molar-refractivity contribution >= 4 is 11.8 Å². The molecule has 0 atom stereocenters. The summed E-state index contributed by atoms with van der Waals surface area (Å²) in [6.07, 6.45) is 3.33. The van der Waals surface area contributed by atoms with Crippen molar-refractivity contribution in [3.8, 4) is 11.8 Å². The summed E-state index contributed by atoms with van der Waals surface area (Å²) in [5.74, 6) is 5.42. The van der Waals surface area contributed by atoms with Crippen LogP contribution in [0.5, 0.6) is 0 Å². The van der Waals surface area contributed by atoms with Crippen LogP contribution in [0.2, 0.25) is 0 Å². The lowest BCUT2D eigenvalue weighted by Gasteiger charge is -2.02. The van der Waals surface area contributed by atoms with E-state index in [1.807, 2.05) is 0 Å². The molecule has 1 heterocycles. The van der Waals surface area contributed by atoms with Gasteiger partial charge in [-0.25, -0.2) is 14.4 Å². The molecule has 96 valence electrons. The van der Waals surface area contributed by atoms with Gasteiger partial charge >= 0.3 is 0 Å². The number of hydrogen-bond donors (Lipinski definition) is 1. The number of aliphatic hydroxyl groups excluding tert-OH is 1. The summed E-state index contributed by atoms with van der Waals surface area (Å²) in [6, 6.07) is 6.34. The first-order valence-corrected chi connectivity index (χ1v) is 6.55. The second-order valence-electron chi connectivity index (χ2n) is 3.63. The minimum absolute atomic E-state index is 0.238. The third-order valence-corrected chi connectivity index (χ3v) is 3.13. The molecule has 1 aromatic heterocycles. The van der Waals surface area contributed by atoms with Gasteiger partial charge in [-0.05, 0) is 29.8 Å². The van der Waals surface area contributed by atoms with E-state index in [0.717, 1.165) is 5.56 Å². The molecule has 0 saturated heterocycles. The van der Waals surface area contributed by atoms with Crippen LogP contribution in [-0.2, 0) is 5.75 Å². The van der Waals surface area contributed by atoms with Crippen molar-refractivity contribution in [1.29, 1.82) is 0 Å². The highest BCUT2D eigenvalue weighted by atomic mass is 32.2. The van der Waals surface area contributed by atoms with Gasteiger partial charge in [0.2, 0.25) is 0 Å². The number of aromatic nitrogens is 2. The predicted molar refractivity (Wildman–Crippen MR) is 72.0 cm³/mol. The van der Waals surface area contributed by atoms with Crippen LogP contribution < -0.4 is 0 Å². The summed E-state index contributed by atoms with van der Waals surface area (Å²) in [5.41, 5.74) is 1.36. The average Bonchev–Trinajstić information content (AvgIpc) is 2.43. The molecule has 0 radical (unpaired) electrons. The van der Waals surface area contributed by atoms with Crippen LogP contribution in [0.4, 0.5) is 4.39 Å². The Morgan fingerprint density at radius 3 is 2.74 bits per heavy atom. The summed E-state index contributed by atoms with van der Waals surface area (Å²) >= 11 is 1.43. The topological polar surface area (TPSA) is 46.0 Å². The van der Waals surface area contributed by atoms with Crippen molar-refractivity contribution in [3.63, 3.8) is 0 Å². The Hall–Kier alpha value is -1.90. The summed E-state index contributed by atoms with van der Waals surface area (Å²) in [5, 5.41) is 9.28. The van der Waals surface area contributed by atoms with E-state index < -0.39 is 0 Å². The molecular formula is C14H11FN2OS. The molecule has 0 saturated carbocycles. The summed E-state index contributed by atoms with van der Waals surface area (Å²) in [7, 11) is 0. The van der Waals surface area contributed by atoms with Gasteiger partial charge in [-0.2, -0.15) is 0 Å². The largest absolute Gasteiger partial charge is 0.384 e. The van der Waals surface area contributed by atoms with Crippen molar-refractivity contribution in [3.05, 3.63) is 53.6 Å². The number of nitrogens with zero attached hydrogens (tertiary/aromatic N) is 2. The maximum Gasteiger partial charge on any atom is 0.187 e. The average molecular weight is 274 g/mol. The lowest BCUT2D eigenvalue weighted by Crippen LogP contribution is -1.89. The van der Waals surface area contributed by atoms with Gasteiger partial charge < -0.3 is 5.11 Å². The third-order valence-electron chi connectivity index (χ3n) is 2.18. The van der Waals surface area contributed by atoms with Gasteiger partial charge in [-0.15, -0.1) is 0 Å². The zero-order chi connectivity index (χ0) is 13.5. The number of benzene rings is 1. The molecule has 0 aliphatic carbocycles. The van der Waals surface area contributed by atoms with Crippen LogP contribution >= 0.6 is 11.8 Å². The zero-order valence-corrected chi connectivity index (χ0v) is 10.8. The highest BCUT2D eigenvalue weighted by molar-refractivity contribution is 7.98. The van der Waals surface area contributed by atoms with Crippen molar-refractivity contribution in [2.24, 2.45) is 0 Å². The Balaban J connectivity index is 2.10. The predicted octanol–water partition coefficient (Wildman–Crippen LogP) is 2.25. The van der Waals surface area contributed by atoms with Gasteiger partial charge in [-0.3, -0.25) is 0 Å². The first-order chi connectivity index (χ1) is 9.28. The summed E-state index contributed by atoms with van der Waals surface area (Å²) < 4.78 is 13.4. The van der Waals surface area contributed by atoms with Crippen LogP contribution in [-0.4, -0.2) is 21.7 Å². The minimum Gasteiger partial charge on any atom is -0.384 e. The molecule has 0 fully saturated rings. The first kappa shape index (κ1) is 13.5. The number of rotatable bonds is 3. The van der Waals surface area contributed by atoms with Crippen LogP contribution in [0.15, 0.2) is 41.8 Å². The highest BCUT2D eigenvalue weighted by Crippen LogP contribution is 2.20. The Labute approximate surface area is 114 Å². The second-order valence-corrected chi connectivity index (χ2v) is 4.57. The van der Waals surface area contributed by atoms with E-state index in [1.54, 1.807) is 24.5 Å². The van der Waals surface area contributed by atoms with Gasteiger partial charge in [0.05, 0.1) is 0 Å². The Morgan fingerprint density at radius 2 is 2.00 bits per heavy atom. The molecule has 1 N–H and O–H groups in total. The fourth-order valence-corrected chi connectivity index (χ4v) is 2.19. The van der Waals surface area contributed by atoms with Crippen LogP contribution in [0, 0.1) is 17.7 Å². The van der Waals surface area contributed by atoms with E-state index in [1.165, 1.54) is 23.9 Å². The highest BCUT2D eigenvalue weighted by Gasteiger charge is 2.02. The fraction of sp³-hybridized carbons (Fsp3) is 0.143. The Bertz CT molecular complexity index is 608. The molecule has 2 rings (SSSR count). The standard InChI is InChI=1S/C14H11FN2OS/c15-13-8-11(3-1-6-18)7-12(9-13)10-19-14-16-4-2-5-17-14/h2,4-5,7-9,18H,6,10H2. The molecule has 0 unspecified atom stereocenters. The normalized spacial score (nSPS) is 9.79. The molecule has 0 aliphatic heterocycles. The number of hydrogen-bond acceptors (Lipinski definition) is 4.